The Morgan fingerprint density at radius 2 is 2.22 bits per heavy atom. The first kappa shape index (κ1) is 14.2. The number of nitrogens with two attached hydrogens (primary N) is 1. The predicted molar refractivity (Wildman–Crippen MR) is 69.8 cm³/mol. The van der Waals surface area contributed by atoms with Crippen LogP contribution in [0.3, 0.4) is 0 Å². The van der Waals surface area contributed by atoms with Crippen molar-refractivity contribution in [3.8, 4) is 0 Å². The Hall–Kier alpha value is -1.82. The molecule has 0 fully saturated rings. The minimum absolute atomic E-state index is 0.0506. The summed E-state index contributed by atoms with van der Waals surface area (Å²) in [6.07, 6.45) is 1.96. The van der Waals surface area contributed by atoms with Crippen LogP contribution in [-0.4, -0.2) is 40.4 Å². The Kier molecular flexibility index (Phi) is 4.91. The number of nitrogens with zero attached hydrogens (tertiary/aromatic N) is 2. The molecule has 1 heterocycles. The number of hydrogen-bond acceptors (Lipinski definition) is 5. The van der Waals surface area contributed by atoms with Gasteiger partial charge < -0.3 is 20.8 Å². The molecule has 0 bridgehead atoms. The molecule has 100 valence electrons. The molecule has 0 saturated carbocycles. The van der Waals surface area contributed by atoms with E-state index in [1.165, 1.54) is 12.3 Å². The molecule has 0 aliphatic carbocycles. The zero-order valence-corrected chi connectivity index (χ0v) is 10.6. The fourth-order valence-electron chi connectivity index (χ4n) is 1.68. The van der Waals surface area contributed by atoms with Gasteiger partial charge >= 0.3 is 5.97 Å². The number of pyridine rings is 1. The summed E-state index contributed by atoms with van der Waals surface area (Å²) < 4.78 is 0. The number of carboxylic acid groups (broad SMARTS) is 1. The highest BCUT2D eigenvalue weighted by molar-refractivity contribution is 5.94. The molecular weight excluding hydrogens is 234 g/mol. The first-order valence-electron chi connectivity index (χ1n) is 5.83. The molecule has 0 spiro atoms. The van der Waals surface area contributed by atoms with Gasteiger partial charge in [0, 0.05) is 19.2 Å². The summed E-state index contributed by atoms with van der Waals surface area (Å²) in [5.74, 6) is -0.507. The van der Waals surface area contributed by atoms with Crippen molar-refractivity contribution in [2.24, 2.45) is 0 Å². The van der Waals surface area contributed by atoms with E-state index in [1.807, 2.05) is 18.7 Å². The summed E-state index contributed by atoms with van der Waals surface area (Å²) in [6, 6.07) is 1.63. The molecule has 6 heteroatoms. The highest BCUT2D eigenvalue weighted by Gasteiger charge is 2.15. The number of rotatable bonds is 6. The summed E-state index contributed by atoms with van der Waals surface area (Å²) in [6.45, 7) is 4.67. The number of anilines is 2. The summed E-state index contributed by atoms with van der Waals surface area (Å²) >= 11 is 0. The van der Waals surface area contributed by atoms with Crippen LogP contribution < -0.4 is 10.6 Å². The van der Waals surface area contributed by atoms with E-state index in [-0.39, 0.29) is 23.9 Å². The minimum atomic E-state index is -1.07. The Bertz CT molecular complexity index is 421. The van der Waals surface area contributed by atoms with Gasteiger partial charge in [-0.2, -0.15) is 0 Å². The van der Waals surface area contributed by atoms with Gasteiger partial charge in [0.25, 0.3) is 0 Å². The third-order valence-electron chi connectivity index (χ3n) is 2.63. The van der Waals surface area contributed by atoms with Crippen LogP contribution in [0.15, 0.2) is 12.3 Å². The molecule has 1 aromatic rings. The summed E-state index contributed by atoms with van der Waals surface area (Å²) in [4.78, 5) is 17.1. The minimum Gasteiger partial charge on any atom is -0.478 e. The van der Waals surface area contributed by atoms with E-state index < -0.39 is 5.97 Å². The maximum Gasteiger partial charge on any atom is 0.337 e. The average Bonchev–Trinajstić information content (AvgIpc) is 2.30. The van der Waals surface area contributed by atoms with Crippen molar-refractivity contribution in [3.05, 3.63) is 17.8 Å². The smallest absolute Gasteiger partial charge is 0.337 e. The molecule has 4 N–H and O–H groups in total. The predicted octanol–water partition coefficient (Wildman–Crippen LogP) is 0.959. The molecule has 0 aliphatic rings. The molecule has 0 aromatic carbocycles. The van der Waals surface area contributed by atoms with Crippen LogP contribution in [0.2, 0.25) is 0 Å². The third-order valence-corrected chi connectivity index (χ3v) is 2.63. The van der Waals surface area contributed by atoms with Gasteiger partial charge in [-0.3, -0.25) is 0 Å². The van der Waals surface area contributed by atoms with Crippen LogP contribution >= 0.6 is 0 Å². The second-order valence-corrected chi connectivity index (χ2v) is 4.30. The van der Waals surface area contributed by atoms with Crippen molar-refractivity contribution in [3.63, 3.8) is 0 Å². The van der Waals surface area contributed by atoms with Crippen LogP contribution in [0.25, 0.3) is 0 Å². The number of aromatic nitrogens is 1. The lowest BCUT2D eigenvalue weighted by Gasteiger charge is -2.28. The quantitative estimate of drug-likeness (QED) is 0.698. The first-order valence-corrected chi connectivity index (χ1v) is 5.83. The lowest BCUT2D eigenvalue weighted by atomic mass is 10.2. The molecular formula is C12H19N3O3. The van der Waals surface area contributed by atoms with Crippen molar-refractivity contribution in [2.45, 2.75) is 26.3 Å². The van der Waals surface area contributed by atoms with Gasteiger partial charge in [-0.15, -0.1) is 0 Å². The van der Waals surface area contributed by atoms with E-state index in [2.05, 4.69) is 4.98 Å². The molecule has 0 radical (unpaired) electrons. The van der Waals surface area contributed by atoms with E-state index in [0.717, 1.165) is 0 Å². The maximum atomic E-state index is 11.0. The molecule has 0 atom stereocenters. The van der Waals surface area contributed by atoms with Crippen molar-refractivity contribution < 1.29 is 15.0 Å². The molecule has 1 rings (SSSR count). The number of carboxylic acids is 1. The second kappa shape index (κ2) is 6.20. The van der Waals surface area contributed by atoms with E-state index in [4.69, 9.17) is 15.9 Å². The van der Waals surface area contributed by atoms with E-state index >= 15 is 0 Å². The second-order valence-electron chi connectivity index (χ2n) is 4.30. The summed E-state index contributed by atoms with van der Waals surface area (Å²) in [5.41, 5.74) is 5.77. The topological polar surface area (TPSA) is 99.7 Å². The zero-order chi connectivity index (χ0) is 13.7. The van der Waals surface area contributed by atoms with E-state index in [1.54, 1.807) is 0 Å². The van der Waals surface area contributed by atoms with Crippen LogP contribution in [0.5, 0.6) is 0 Å². The van der Waals surface area contributed by atoms with Crippen LogP contribution in [0.4, 0.5) is 11.5 Å². The van der Waals surface area contributed by atoms with E-state index in [0.29, 0.717) is 18.8 Å². The SMILES string of the molecule is CC(C)N(CCCO)c1cc(C(=O)O)c(N)cn1. The highest BCUT2D eigenvalue weighted by atomic mass is 16.4. The Balaban J connectivity index is 3.05. The third kappa shape index (κ3) is 3.33. The van der Waals surface area contributed by atoms with Crippen molar-refractivity contribution in [1.82, 2.24) is 4.98 Å². The van der Waals surface area contributed by atoms with Gasteiger partial charge in [0.15, 0.2) is 0 Å². The summed E-state index contributed by atoms with van der Waals surface area (Å²) in [5, 5.41) is 17.9. The van der Waals surface area contributed by atoms with Crippen LogP contribution in [-0.2, 0) is 0 Å². The number of nitrogen functional groups attached to an aromatic ring is 1. The van der Waals surface area contributed by atoms with Gasteiger partial charge in [-0.05, 0) is 26.3 Å². The molecule has 0 aliphatic heterocycles. The molecule has 6 nitrogen and oxygen atoms in total. The number of aliphatic hydroxyl groups excluding tert-OH is 1. The highest BCUT2D eigenvalue weighted by Crippen LogP contribution is 2.20. The molecule has 0 amide bonds. The van der Waals surface area contributed by atoms with E-state index in [9.17, 15) is 4.79 Å². The molecule has 1 aromatic heterocycles. The van der Waals surface area contributed by atoms with Crippen LogP contribution in [0.1, 0.15) is 30.6 Å². The van der Waals surface area contributed by atoms with Gasteiger partial charge in [0.05, 0.1) is 17.4 Å². The average molecular weight is 253 g/mol. The number of carbonyl (C=O) groups is 1. The fourth-order valence-corrected chi connectivity index (χ4v) is 1.68. The van der Waals surface area contributed by atoms with Crippen molar-refractivity contribution in [1.29, 1.82) is 0 Å². The lowest BCUT2D eigenvalue weighted by Crippen LogP contribution is -2.33. The van der Waals surface area contributed by atoms with Gasteiger partial charge in [0.2, 0.25) is 0 Å². The van der Waals surface area contributed by atoms with Crippen molar-refractivity contribution in [2.75, 3.05) is 23.8 Å². The Morgan fingerprint density at radius 1 is 1.56 bits per heavy atom. The molecule has 0 saturated heterocycles. The molecule has 18 heavy (non-hydrogen) atoms. The molecule has 0 unspecified atom stereocenters. The summed E-state index contributed by atoms with van der Waals surface area (Å²) in [7, 11) is 0. The fraction of sp³-hybridized carbons (Fsp3) is 0.500. The monoisotopic (exact) mass is 253 g/mol. The van der Waals surface area contributed by atoms with Gasteiger partial charge in [0.1, 0.15) is 5.82 Å². The Labute approximate surface area is 106 Å². The standard InChI is InChI=1S/C12H19N3O3/c1-8(2)15(4-3-5-16)11-6-9(12(17)18)10(13)7-14-11/h6-8,16H,3-5,13H2,1-2H3,(H,17,18). The lowest BCUT2D eigenvalue weighted by molar-refractivity contribution is 0.0698. The number of aromatic carboxylic acids is 1. The number of aliphatic hydroxyl groups is 1. The van der Waals surface area contributed by atoms with Gasteiger partial charge in [-0.25, -0.2) is 9.78 Å². The largest absolute Gasteiger partial charge is 0.478 e. The van der Waals surface area contributed by atoms with Gasteiger partial charge in [-0.1, -0.05) is 0 Å². The maximum absolute atomic E-state index is 11.0. The van der Waals surface area contributed by atoms with Crippen molar-refractivity contribution >= 4 is 17.5 Å². The Morgan fingerprint density at radius 3 is 2.72 bits per heavy atom. The first-order chi connectivity index (χ1) is 8.47. The number of hydrogen-bond donors (Lipinski definition) is 3. The zero-order valence-electron chi connectivity index (χ0n) is 10.6. The normalized spacial score (nSPS) is 10.7. The van der Waals surface area contributed by atoms with Crippen LogP contribution in [0, 0.1) is 0 Å².